The van der Waals surface area contributed by atoms with E-state index in [-0.39, 0.29) is 18.0 Å². The van der Waals surface area contributed by atoms with E-state index in [1.807, 2.05) is 81.4 Å². The molecule has 2 atom stereocenters. The highest BCUT2D eigenvalue weighted by molar-refractivity contribution is 7.80. The molecule has 2 N–H and O–H groups in total. The first-order valence-corrected chi connectivity index (χ1v) is 12.9. The van der Waals surface area contributed by atoms with Crippen LogP contribution < -0.4 is 20.3 Å². The zero-order chi connectivity index (χ0) is 26.9. The van der Waals surface area contributed by atoms with Gasteiger partial charge in [-0.1, -0.05) is 45.0 Å². The number of carbonyl (C=O) groups excluding carboxylic acids is 1. The molecular weight excluding hydrogens is 494 g/mol. The van der Waals surface area contributed by atoms with Gasteiger partial charge in [-0.3, -0.25) is 9.78 Å². The number of thiocarbonyl (C=S) groups is 1. The maximum absolute atomic E-state index is 12.7. The standard InChI is InChI=1S/C30H31N5O2S/c1-30(2,3)28(36)32-22-16-15-21(19-25(22)37-4)35-27(26(33-29(35)38)23-13-8-9-17-31-23)24-14-10-18-34(24)20-11-6-5-7-12-20/h5-19,26-27H,1-4H3,(H,32,36)(H,33,38). The largest absolute Gasteiger partial charge is 0.494 e. The molecule has 0 spiro atoms. The van der Waals surface area contributed by atoms with Crippen molar-refractivity contribution in [2.45, 2.75) is 32.9 Å². The molecule has 4 aromatic rings. The molecule has 2 aromatic heterocycles. The van der Waals surface area contributed by atoms with Crippen molar-refractivity contribution >= 4 is 34.6 Å². The van der Waals surface area contributed by atoms with E-state index in [0.29, 0.717) is 16.5 Å². The number of nitrogens with one attached hydrogen (secondary N) is 2. The molecule has 1 amide bonds. The third kappa shape index (κ3) is 4.87. The summed E-state index contributed by atoms with van der Waals surface area (Å²) in [5, 5.41) is 7.08. The van der Waals surface area contributed by atoms with Gasteiger partial charge in [-0.25, -0.2) is 0 Å². The summed E-state index contributed by atoms with van der Waals surface area (Å²) in [6.45, 7) is 5.63. The maximum atomic E-state index is 12.7. The number of pyridine rings is 1. The quantitative estimate of drug-likeness (QED) is 0.299. The van der Waals surface area contributed by atoms with E-state index in [1.165, 1.54) is 0 Å². The minimum absolute atomic E-state index is 0.0873. The molecule has 5 rings (SSSR count). The first-order chi connectivity index (χ1) is 18.3. The van der Waals surface area contributed by atoms with Crippen molar-refractivity contribution in [3.8, 4) is 11.4 Å². The number of aromatic nitrogens is 2. The summed E-state index contributed by atoms with van der Waals surface area (Å²) in [4.78, 5) is 19.4. The molecule has 2 unspecified atom stereocenters. The molecule has 1 aliphatic rings. The Morgan fingerprint density at radius 1 is 1.00 bits per heavy atom. The zero-order valence-corrected chi connectivity index (χ0v) is 22.7. The van der Waals surface area contributed by atoms with Gasteiger partial charge in [-0.15, -0.1) is 0 Å². The van der Waals surface area contributed by atoms with Crippen molar-refractivity contribution in [3.63, 3.8) is 0 Å². The Bertz CT molecular complexity index is 1450. The van der Waals surface area contributed by atoms with Gasteiger partial charge in [0.05, 0.1) is 24.5 Å². The topological polar surface area (TPSA) is 71.4 Å². The van der Waals surface area contributed by atoms with E-state index < -0.39 is 5.41 Å². The smallest absolute Gasteiger partial charge is 0.229 e. The van der Waals surface area contributed by atoms with E-state index in [0.717, 1.165) is 22.8 Å². The number of benzene rings is 2. The third-order valence-corrected chi connectivity index (χ3v) is 6.92. The van der Waals surface area contributed by atoms with Crippen LogP contribution in [0.1, 0.15) is 44.2 Å². The second-order valence-electron chi connectivity index (χ2n) is 10.2. The lowest BCUT2D eigenvalue weighted by atomic mass is 9.95. The average molecular weight is 526 g/mol. The normalized spacial score (nSPS) is 17.3. The molecule has 3 heterocycles. The second kappa shape index (κ2) is 10.3. The van der Waals surface area contributed by atoms with Crippen LogP contribution >= 0.6 is 12.2 Å². The van der Waals surface area contributed by atoms with Crippen molar-refractivity contribution in [1.82, 2.24) is 14.9 Å². The van der Waals surface area contributed by atoms with Crippen LogP contribution in [0.4, 0.5) is 11.4 Å². The number of hydrogen-bond acceptors (Lipinski definition) is 4. The molecular formula is C30H31N5O2S. The third-order valence-electron chi connectivity index (χ3n) is 6.61. The molecule has 1 fully saturated rings. The minimum Gasteiger partial charge on any atom is -0.494 e. The number of anilines is 2. The van der Waals surface area contributed by atoms with Crippen molar-refractivity contribution in [1.29, 1.82) is 0 Å². The highest BCUT2D eigenvalue weighted by Crippen LogP contribution is 2.44. The Morgan fingerprint density at radius 2 is 1.76 bits per heavy atom. The van der Waals surface area contributed by atoms with Crippen LogP contribution in [0.15, 0.2) is 91.3 Å². The summed E-state index contributed by atoms with van der Waals surface area (Å²) in [6, 6.07) is 25.6. The van der Waals surface area contributed by atoms with Crippen molar-refractivity contribution in [2.75, 3.05) is 17.3 Å². The number of para-hydroxylation sites is 1. The highest BCUT2D eigenvalue weighted by atomic mass is 32.1. The summed E-state index contributed by atoms with van der Waals surface area (Å²) < 4.78 is 7.88. The van der Waals surface area contributed by atoms with E-state index in [1.54, 1.807) is 13.3 Å². The first-order valence-electron chi connectivity index (χ1n) is 12.5. The summed E-state index contributed by atoms with van der Waals surface area (Å²) in [7, 11) is 1.60. The van der Waals surface area contributed by atoms with Gasteiger partial charge in [0.15, 0.2) is 5.11 Å². The van der Waals surface area contributed by atoms with Gasteiger partial charge in [0.25, 0.3) is 0 Å². The fourth-order valence-corrected chi connectivity index (χ4v) is 4.98. The van der Waals surface area contributed by atoms with Crippen molar-refractivity contribution in [3.05, 3.63) is 103 Å². The molecule has 1 aliphatic heterocycles. The van der Waals surface area contributed by atoms with Crippen LogP contribution in [-0.4, -0.2) is 27.7 Å². The highest BCUT2D eigenvalue weighted by Gasteiger charge is 2.42. The van der Waals surface area contributed by atoms with Gasteiger partial charge < -0.3 is 24.8 Å². The number of nitrogens with zero attached hydrogens (tertiary/aromatic N) is 3. The maximum Gasteiger partial charge on any atom is 0.229 e. The van der Waals surface area contributed by atoms with Crippen LogP contribution in [0.3, 0.4) is 0 Å². The molecule has 194 valence electrons. The molecule has 7 nitrogen and oxygen atoms in total. The van der Waals surface area contributed by atoms with Crippen LogP contribution in [0, 0.1) is 5.41 Å². The number of ether oxygens (including phenoxy) is 1. The van der Waals surface area contributed by atoms with Crippen LogP contribution in [0.2, 0.25) is 0 Å². The fourth-order valence-electron chi connectivity index (χ4n) is 4.64. The van der Waals surface area contributed by atoms with E-state index in [4.69, 9.17) is 17.0 Å². The summed E-state index contributed by atoms with van der Waals surface area (Å²) in [5.74, 6) is 0.470. The van der Waals surface area contributed by atoms with Gasteiger partial charge in [-0.05, 0) is 60.7 Å². The predicted molar refractivity (Wildman–Crippen MR) is 155 cm³/mol. The first kappa shape index (κ1) is 25.5. The molecule has 0 bridgehead atoms. The summed E-state index contributed by atoms with van der Waals surface area (Å²) in [6.07, 6.45) is 3.86. The van der Waals surface area contributed by atoms with E-state index in [2.05, 4.69) is 49.5 Å². The Morgan fingerprint density at radius 3 is 2.45 bits per heavy atom. The number of amides is 1. The number of carbonyl (C=O) groups is 1. The molecule has 0 saturated carbocycles. The predicted octanol–water partition coefficient (Wildman–Crippen LogP) is 6.04. The van der Waals surface area contributed by atoms with Gasteiger partial charge in [-0.2, -0.15) is 0 Å². The Labute approximate surface area is 228 Å². The molecule has 1 saturated heterocycles. The van der Waals surface area contributed by atoms with E-state index in [9.17, 15) is 4.79 Å². The molecule has 38 heavy (non-hydrogen) atoms. The SMILES string of the molecule is COc1cc(N2C(=S)NC(c3ccccn3)C2c2cccn2-c2ccccc2)ccc1NC(=O)C(C)(C)C. The minimum atomic E-state index is -0.534. The monoisotopic (exact) mass is 525 g/mol. The second-order valence-corrected chi connectivity index (χ2v) is 10.6. The lowest BCUT2D eigenvalue weighted by Gasteiger charge is -2.29. The molecule has 2 aromatic carbocycles. The summed E-state index contributed by atoms with van der Waals surface area (Å²) in [5.41, 5.74) is 3.93. The van der Waals surface area contributed by atoms with Crippen LogP contribution in [-0.2, 0) is 4.79 Å². The number of rotatable bonds is 6. The molecule has 0 aliphatic carbocycles. The van der Waals surface area contributed by atoms with Crippen LogP contribution in [0.25, 0.3) is 5.69 Å². The van der Waals surface area contributed by atoms with Crippen molar-refractivity contribution < 1.29 is 9.53 Å². The molecule has 8 heteroatoms. The zero-order valence-electron chi connectivity index (χ0n) is 21.9. The number of hydrogen-bond donors (Lipinski definition) is 2. The average Bonchev–Trinajstić information content (AvgIpc) is 3.53. The summed E-state index contributed by atoms with van der Waals surface area (Å²) >= 11 is 5.91. The van der Waals surface area contributed by atoms with E-state index >= 15 is 0 Å². The van der Waals surface area contributed by atoms with Gasteiger partial charge in [0.2, 0.25) is 5.91 Å². The Hall–Kier alpha value is -4.17. The lowest BCUT2D eigenvalue weighted by Crippen LogP contribution is -2.30. The Balaban J connectivity index is 1.60. The van der Waals surface area contributed by atoms with Gasteiger partial charge >= 0.3 is 0 Å². The van der Waals surface area contributed by atoms with Crippen molar-refractivity contribution in [2.24, 2.45) is 5.41 Å². The molecule has 0 radical (unpaired) electrons. The Kier molecular flexibility index (Phi) is 6.91. The fraction of sp³-hybridized carbons (Fsp3) is 0.233. The van der Waals surface area contributed by atoms with Gasteiger partial charge in [0, 0.05) is 40.9 Å². The van der Waals surface area contributed by atoms with Gasteiger partial charge in [0.1, 0.15) is 11.8 Å². The van der Waals surface area contributed by atoms with Crippen LogP contribution in [0.5, 0.6) is 5.75 Å². The number of methoxy groups -OCH3 is 1. The lowest BCUT2D eigenvalue weighted by molar-refractivity contribution is -0.123.